The minimum absolute atomic E-state index is 0.0151. The predicted octanol–water partition coefficient (Wildman–Crippen LogP) is 4.28. The minimum Gasteiger partial charge on any atom is -0.493 e. The van der Waals surface area contributed by atoms with Gasteiger partial charge in [-0.2, -0.15) is 12.6 Å². The van der Waals surface area contributed by atoms with Crippen LogP contribution in [0.3, 0.4) is 0 Å². The van der Waals surface area contributed by atoms with E-state index in [0.29, 0.717) is 30.6 Å². The molecule has 44 heavy (non-hydrogen) atoms. The van der Waals surface area contributed by atoms with Gasteiger partial charge >= 0.3 is 0 Å². The van der Waals surface area contributed by atoms with Crippen LogP contribution in [0, 0.1) is 5.82 Å². The van der Waals surface area contributed by atoms with E-state index in [0.717, 1.165) is 8.99 Å². The number of likely N-dealkylation sites (N-methyl/N-ethyl adjacent to an activating group) is 1. The number of hydrogen-bond donors (Lipinski definition) is 2. The van der Waals surface area contributed by atoms with Crippen LogP contribution in [0.4, 0.5) is 10.2 Å². The van der Waals surface area contributed by atoms with E-state index < -0.39 is 21.4 Å². The number of rotatable bonds is 11. The lowest BCUT2D eigenvalue weighted by atomic mass is 10.1. The predicted molar refractivity (Wildman–Crippen MR) is 177 cm³/mol. The molecule has 246 valence electrons. The average molecular weight is 676 g/mol. The molecule has 0 radical (unpaired) electrons. The summed E-state index contributed by atoms with van der Waals surface area (Å²) in [6.07, 6.45) is 2.21. The summed E-state index contributed by atoms with van der Waals surface area (Å²) in [5, 5.41) is 13.7. The lowest BCUT2D eigenvalue weighted by Crippen LogP contribution is -2.42. The number of sulfonamides is 1. The molecule has 15 heteroatoms. The van der Waals surface area contributed by atoms with E-state index >= 15 is 0 Å². The van der Waals surface area contributed by atoms with Gasteiger partial charge in [-0.25, -0.2) is 17.5 Å². The Bertz CT molecular complexity index is 1610. The van der Waals surface area contributed by atoms with Crippen LogP contribution in [0.2, 0.25) is 0 Å². The largest absolute Gasteiger partial charge is 0.493 e. The number of halogens is 2. The van der Waals surface area contributed by atoms with Crippen LogP contribution in [0.1, 0.15) is 68.2 Å². The highest BCUT2D eigenvalue weighted by molar-refractivity contribution is 7.92. The number of aliphatic hydroxyl groups is 1. The molecule has 1 unspecified atom stereocenters. The monoisotopic (exact) mass is 675 g/mol. The van der Waals surface area contributed by atoms with Gasteiger partial charge < -0.3 is 19.3 Å². The molecule has 0 aliphatic carbocycles. The molecule has 0 bridgehead atoms. The van der Waals surface area contributed by atoms with Gasteiger partial charge in [0.25, 0.3) is 11.5 Å². The maximum atomic E-state index is 14.0. The number of aliphatic hydroxyl groups excluding tert-OH is 1. The smallest absolute Gasteiger partial charge is 0.280 e. The third kappa shape index (κ3) is 7.35. The number of unbranched alkanes of at least 4 members (excludes halogenated alkanes) is 1. The fourth-order valence-electron chi connectivity index (χ4n) is 5.09. The zero-order valence-corrected chi connectivity index (χ0v) is 28.8. The molecule has 2 aromatic heterocycles. The number of carbonyl (C=O) groups is 1. The van der Waals surface area contributed by atoms with E-state index in [4.69, 9.17) is 21.4 Å². The van der Waals surface area contributed by atoms with Gasteiger partial charge in [0.2, 0.25) is 10.0 Å². The van der Waals surface area contributed by atoms with E-state index in [1.807, 2.05) is 27.7 Å². The number of nitrogens with zero attached hydrogens (tertiary/aromatic N) is 5. The number of alkyl halides is 1. The van der Waals surface area contributed by atoms with Crippen molar-refractivity contribution >= 4 is 56.9 Å². The molecule has 1 atom stereocenters. The molecule has 1 aromatic carbocycles. The van der Waals surface area contributed by atoms with Gasteiger partial charge in [0.15, 0.2) is 17.3 Å². The first kappa shape index (κ1) is 37.4. The lowest BCUT2D eigenvalue weighted by molar-refractivity contribution is 0.0685. The summed E-state index contributed by atoms with van der Waals surface area (Å²) in [7, 11) is -1.25. The van der Waals surface area contributed by atoms with Crippen molar-refractivity contribution in [1.29, 1.82) is 0 Å². The van der Waals surface area contributed by atoms with E-state index in [1.54, 1.807) is 15.7 Å². The molecule has 3 aromatic rings. The fourth-order valence-corrected chi connectivity index (χ4v) is 6.56. The number of anilines is 1. The average Bonchev–Trinajstić information content (AvgIpc) is 3.39. The number of fused-ring (bicyclic) bond motifs is 3. The molecule has 0 saturated carbocycles. The number of methoxy groups -OCH3 is 1. The lowest BCUT2D eigenvalue weighted by Gasteiger charge is -2.33. The molecule has 0 saturated heterocycles. The van der Waals surface area contributed by atoms with E-state index in [9.17, 15) is 22.4 Å². The van der Waals surface area contributed by atoms with Crippen LogP contribution in [0.15, 0.2) is 23.0 Å². The second-order valence-corrected chi connectivity index (χ2v) is 12.1. The molecule has 1 aliphatic rings. The van der Waals surface area contributed by atoms with Crippen molar-refractivity contribution in [3.63, 3.8) is 0 Å². The van der Waals surface area contributed by atoms with Crippen molar-refractivity contribution in [2.75, 3.05) is 50.2 Å². The molecule has 1 N–H and O–H groups in total. The first-order chi connectivity index (χ1) is 21.0. The normalized spacial score (nSPS) is 14.4. The Balaban J connectivity index is 0.00000162. The van der Waals surface area contributed by atoms with Gasteiger partial charge in [0.05, 0.1) is 19.4 Å². The third-order valence-electron chi connectivity index (χ3n) is 7.20. The Labute approximate surface area is 269 Å². The van der Waals surface area contributed by atoms with Crippen LogP contribution >= 0.6 is 24.2 Å². The van der Waals surface area contributed by atoms with E-state index in [-0.39, 0.29) is 71.3 Å². The van der Waals surface area contributed by atoms with Crippen molar-refractivity contribution in [3.05, 3.63) is 51.2 Å². The van der Waals surface area contributed by atoms with Crippen LogP contribution in [-0.2, 0) is 22.4 Å². The number of thiol groups is 1. The number of carbonyl (C=O) groups excluding carboxylic acids is 1. The topological polar surface area (TPSA) is 127 Å². The van der Waals surface area contributed by atoms with Gasteiger partial charge in [-0.05, 0) is 56.2 Å². The van der Waals surface area contributed by atoms with E-state index in [1.165, 1.54) is 32.4 Å². The van der Waals surface area contributed by atoms with Crippen molar-refractivity contribution in [2.45, 2.75) is 59.0 Å². The molecule has 0 fully saturated rings. The van der Waals surface area contributed by atoms with Crippen LogP contribution in [0.5, 0.6) is 5.75 Å². The first-order valence-corrected chi connectivity index (χ1v) is 17.4. The SMILES string of the molecule is CC.CCN1CC(C)n2c(c(OC)c3c(=O)n(Cc4ccc(F)cc4CCl)nc(N(C)S(=O)(=O)CCCCO)c32)C1=O.CS. The number of aromatic nitrogens is 3. The third-order valence-corrected chi connectivity index (χ3v) is 9.30. The zero-order valence-electron chi connectivity index (χ0n) is 26.3. The Morgan fingerprint density at radius 2 is 1.86 bits per heavy atom. The molecular formula is C29H43ClFN5O6S2. The number of hydrogen-bond acceptors (Lipinski definition) is 8. The Kier molecular flexibility index (Phi) is 14.0. The first-order valence-electron chi connectivity index (χ1n) is 14.4. The maximum absolute atomic E-state index is 14.0. The van der Waals surface area contributed by atoms with Crippen LogP contribution in [-0.4, -0.2) is 84.5 Å². The zero-order chi connectivity index (χ0) is 33.4. The number of amides is 1. The van der Waals surface area contributed by atoms with Crippen molar-refractivity contribution in [3.8, 4) is 5.75 Å². The van der Waals surface area contributed by atoms with Gasteiger partial charge in [0.1, 0.15) is 16.7 Å². The fraction of sp³-hybridized carbons (Fsp3) is 0.552. The molecule has 11 nitrogen and oxygen atoms in total. The summed E-state index contributed by atoms with van der Waals surface area (Å²) in [6.45, 7) is 8.22. The second kappa shape index (κ2) is 16.5. The molecule has 1 amide bonds. The second-order valence-electron chi connectivity index (χ2n) is 9.72. The summed E-state index contributed by atoms with van der Waals surface area (Å²) in [5.74, 6) is -1.12. The minimum atomic E-state index is -3.94. The van der Waals surface area contributed by atoms with Crippen molar-refractivity contribution in [2.24, 2.45) is 0 Å². The molecule has 1 aliphatic heterocycles. The summed E-state index contributed by atoms with van der Waals surface area (Å²) in [5.41, 5.74) is 0.693. The Hall–Kier alpha value is -2.81. The molecule has 0 spiro atoms. The van der Waals surface area contributed by atoms with Crippen LogP contribution in [0.25, 0.3) is 10.9 Å². The highest BCUT2D eigenvalue weighted by atomic mass is 35.5. The van der Waals surface area contributed by atoms with Crippen LogP contribution < -0.4 is 14.6 Å². The molecule has 4 rings (SSSR count). The van der Waals surface area contributed by atoms with E-state index in [2.05, 4.69) is 17.7 Å². The summed E-state index contributed by atoms with van der Waals surface area (Å²) >= 11 is 9.57. The van der Waals surface area contributed by atoms with Gasteiger partial charge in [-0.1, -0.05) is 19.9 Å². The van der Waals surface area contributed by atoms with Gasteiger partial charge in [-0.3, -0.25) is 13.9 Å². The van der Waals surface area contributed by atoms with Crippen molar-refractivity contribution < 1.29 is 27.4 Å². The Morgan fingerprint density at radius 1 is 1.20 bits per heavy atom. The number of benzene rings is 1. The highest BCUT2D eigenvalue weighted by Gasteiger charge is 2.38. The summed E-state index contributed by atoms with van der Waals surface area (Å²) in [6, 6.07) is 3.68. The van der Waals surface area contributed by atoms with Gasteiger partial charge in [-0.15, -0.1) is 16.7 Å². The summed E-state index contributed by atoms with van der Waals surface area (Å²) in [4.78, 5) is 29.1. The molecule has 3 heterocycles. The van der Waals surface area contributed by atoms with Crippen molar-refractivity contribution in [1.82, 2.24) is 19.2 Å². The summed E-state index contributed by atoms with van der Waals surface area (Å²) < 4.78 is 50.0. The molecular weight excluding hydrogens is 633 g/mol. The quantitative estimate of drug-likeness (QED) is 0.177. The number of ether oxygens (including phenoxy) is 1. The standard InChI is InChI=1S/C26H33ClFN5O6S.C2H6.CH4S/c1-5-31-14-16(2)33-21-20(23(39-4)22(33)26(31)36)25(35)32(15-17-8-9-19(28)12-18(17)13-27)29-24(21)30(3)40(37,38)11-7-6-10-34;2*1-2/h8-9,12,16,34H,5-7,10-11,13-15H2,1-4H3;1-2H3;2H,1H3. The Morgan fingerprint density at radius 3 is 2.43 bits per heavy atom. The highest BCUT2D eigenvalue weighted by Crippen LogP contribution is 2.41. The maximum Gasteiger partial charge on any atom is 0.280 e. The van der Waals surface area contributed by atoms with Gasteiger partial charge in [0, 0.05) is 38.7 Å².